The zero-order valence-electron chi connectivity index (χ0n) is 13.7. The molecule has 0 bridgehead atoms. The van der Waals surface area contributed by atoms with Crippen LogP contribution in [0.2, 0.25) is 5.15 Å². The highest BCUT2D eigenvalue weighted by molar-refractivity contribution is 6.31. The third-order valence-corrected chi connectivity index (χ3v) is 3.75. The van der Waals surface area contributed by atoms with Crippen molar-refractivity contribution in [3.8, 4) is 0 Å². The van der Waals surface area contributed by atoms with Gasteiger partial charge in [0.2, 0.25) is 0 Å². The standard InChI is InChI=1S/C16H28ClN3/c1-11(2)7-9-20(10-8-12(3)4)16-15(17)18-13(5)14(6)19-16/h11-12H,7-10H2,1-6H3. The van der Waals surface area contributed by atoms with E-state index in [0.29, 0.717) is 17.0 Å². The second kappa shape index (κ2) is 7.82. The predicted molar refractivity (Wildman–Crippen MR) is 87.6 cm³/mol. The fourth-order valence-electron chi connectivity index (χ4n) is 1.92. The van der Waals surface area contributed by atoms with Crippen LogP contribution >= 0.6 is 11.6 Å². The van der Waals surface area contributed by atoms with E-state index in [9.17, 15) is 0 Å². The number of hydrogen-bond acceptors (Lipinski definition) is 3. The van der Waals surface area contributed by atoms with Gasteiger partial charge in [0, 0.05) is 13.1 Å². The van der Waals surface area contributed by atoms with Gasteiger partial charge in [-0.2, -0.15) is 0 Å². The average Bonchev–Trinajstić information content (AvgIpc) is 2.34. The Labute approximate surface area is 128 Å². The lowest BCUT2D eigenvalue weighted by Gasteiger charge is -2.26. The SMILES string of the molecule is Cc1nc(Cl)c(N(CCC(C)C)CCC(C)C)nc1C. The molecule has 4 heteroatoms. The Morgan fingerprint density at radius 3 is 1.80 bits per heavy atom. The lowest BCUT2D eigenvalue weighted by Crippen LogP contribution is -2.29. The third-order valence-electron chi connectivity index (χ3n) is 3.50. The number of aromatic nitrogens is 2. The van der Waals surface area contributed by atoms with Crippen molar-refractivity contribution in [1.29, 1.82) is 0 Å². The van der Waals surface area contributed by atoms with Crippen molar-refractivity contribution in [3.63, 3.8) is 0 Å². The summed E-state index contributed by atoms with van der Waals surface area (Å²) in [5.41, 5.74) is 1.87. The fourth-order valence-corrected chi connectivity index (χ4v) is 2.21. The first kappa shape index (κ1) is 17.2. The Balaban J connectivity index is 2.93. The molecule has 0 fully saturated rings. The molecule has 0 atom stereocenters. The van der Waals surface area contributed by atoms with E-state index in [4.69, 9.17) is 11.6 Å². The summed E-state index contributed by atoms with van der Waals surface area (Å²) in [6.45, 7) is 14.9. The molecule has 0 saturated heterocycles. The molecule has 1 aromatic heterocycles. The largest absolute Gasteiger partial charge is 0.354 e. The van der Waals surface area contributed by atoms with Crippen LogP contribution in [0.5, 0.6) is 0 Å². The van der Waals surface area contributed by atoms with Crippen molar-refractivity contribution in [2.24, 2.45) is 11.8 Å². The van der Waals surface area contributed by atoms with Crippen LogP contribution in [0, 0.1) is 25.7 Å². The van der Waals surface area contributed by atoms with E-state index in [-0.39, 0.29) is 0 Å². The molecule has 0 aliphatic heterocycles. The molecular formula is C16H28ClN3. The molecule has 0 saturated carbocycles. The third kappa shape index (κ3) is 5.28. The van der Waals surface area contributed by atoms with Gasteiger partial charge in [-0.3, -0.25) is 0 Å². The molecule has 0 spiro atoms. The van der Waals surface area contributed by atoms with Crippen LogP contribution in [0.4, 0.5) is 5.82 Å². The van der Waals surface area contributed by atoms with Gasteiger partial charge < -0.3 is 4.90 Å². The minimum absolute atomic E-state index is 0.528. The number of nitrogens with zero attached hydrogens (tertiary/aromatic N) is 3. The summed E-state index contributed by atoms with van der Waals surface area (Å²) >= 11 is 6.31. The van der Waals surface area contributed by atoms with Crippen molar-refractivity contribution >= 4 is 17.4 Å². The Hall–Kier alpha value is -0.830. The van der Waals surface area contributed by atoms with Gasteiger partial charge in [-0.15, -0.1) is 0 Å². The molecule has 0 N–H and O–H groups in total. The second-order valence-corrected chi connectivity index (χ2v) is 6.72. The highest BCUT2D eigenvalue weighted by Gasteiger charge is 2.15. The Bertz CT molecular complexity index is 418. The molecule has 0 amide bonds. The topological polar surface area (TPSA) is 29.0 Å². The summed E-state index contributed by atoms with van der Waals surface area (Å²) in [5, 5.41) is 0.528. The molecule has 0 radical (unpaired) electrons. The molecule has 0 aliphatic carbocycles. The van der Waals surface area contributed by atoms with E-state index >= 15 is 0 Å². The summed E-state index contributed by atoms with van der Waals surface area (Å²) in [7, 11) is 0. The Morgan fingerprint density at radius 2 is 1.35 bits per heavy atom. The Kier molecular flexibility index (Phi) is 6.74. The van der Waals surface area contributed by atoms with Crippen molar-refractivity contribution in [2.75, 3.05) is 18.0 Å². The van der Waals surface area contributed by atoms with Crippen LogP contribution in [0.3, 0.4) is 0 Å². The lowest BCUT2D eigenvalue weighted by molar-refractivity contribution is 0.532. The van der Waals surface area contributed by atoms with Crippen molar-refractivity contribution in [1.82, 2.24) is 9.97 Å². The van der Waals surface area contributed by atoms with E-state index in [1.807, 2.05) is 13.8 Å². The zero-order valence-corrected chi connectivity index (χ0v) is 14.5. The second-order valence-electron chi connectivity index (χ2n) is 6.36. The first-order chi connectivity index (χ1) is 9.31. The van der Waals surface area contributed by atoms with Crippen molar-refractivity contribution in [3.05, 3.63) is 16.5 Å². The van der Waals surface area contributed by atoms with Gasteiger partial charge in [0.1, 0.15) is 0 Å². The molecule has 0 unspecified atom stereocenters. The molecule has 3 nitrogen and oxygen atoms in total. The predicted octanol–water partition coefficient (Wildman–Crippen LogP) is 4.65. The van der Waals surface area contributed by atoms with Crippen LogP contribution in [-0.2, 0) is 0 Å². The monoisotopic (exact) mass is 297 g/mol. The van der Waals surface area contributed by atoms with E-state index in [2.05, 4.69) is 42.6 Å². The van der Waals surface area contributed by atoms with Gasteiger partial charge in [0.25, 0.3) is 0 Å². The molecule has 0 aromatic carbocycles. The van der Waals surface area contributed by atoms with Crippen LogP contribution in [-0.4, -0.2) is 23.1 Å². The quantitative estimate of drug-likeness (QED) is 0.734. The highest BCUT2D eigenvalue weighted by Crippen LogP contribution is 2.24. The lowest BCUT2D eigenvalue weighted by atomic mass is 10.1. The highest BCUT2D eigenvalue weighted by atomic mass is 35.5. The van der Waals surface area contributed by atoms with E-state index in [1.54, 1.807) is 0 Å². The number of halogens is 1. The van der Waals surface area contributed by atoms with Crippen LogP contribution in [0.15, 0.2) is 0 Å². The van der Waals surface area contributed by atoms with Crippen molar-refractivity contribution in [2.45, 2.75) is 54.4 Å². The smallest absolute Gasteiger partial charge is 0.171 e. The molecule has 20 heavy (non-hydrogen) atoms. The van der Waals surface area contributed by atoms with Crippen LogP contribution < -0.4 is 4.90 Å². The molecule has 1 heterocycles. The Morgan fingerprint density at radius 1 is 0.900 bits per heavy atom. The van der Waals surface area contributed by atoms with Gasteiger partial charge in [0.05, 0.1) is 11.4 Å². The molecule has 0 aliphatic rings. The summed E-state index contributed by atoms with van der Waals surface area (Å²) in [6.07, 6.45) is 2.28. The molecular weight excluding hydrogens is 270 g/mol. The maximum absolute atomic E-state index is 6.31. The number of anilines is 1. The molecule has 114 valence electrons. The van der Waals surface area contributed by atoms with Crippen molar-refractivity contribution < 1.29 is 0 Å². The van der Waals surface area contributed by atoms with E-state index in [1.165, 1.54) is 0 Å². The van der Waals surface area contributed by atoms with Gasteiger partial charge in [-0.25, -0.2) is 9.97 Å². The van der Waals surface area contributed by atoms with Gasteiger partial charge in [0.15, 0.2) is 11.0 Å². The maximum Gasteiger partial charge on any atom is 0.171 e. The first-order valence-electron chi connectivity index (χ1n) is 7.57. The van der Waals surface area contributed by atoms with Gasteiger partial charge in [-0.05, 0) is 38.5 Å². The maximum atomic E-state index is 6.31. The summed E-state index contributed by atoms with van der Waals surface area (Å²) < 4.78 is 0. The first-order valence-corrected chi connectivity index (χ1v) is 7.94. The summed E-state index contributed by atoms with van der Waals surface area (Å²) in [4.78, 5) is 11.4. The van der Waals surface area contributed by atoms with E-state index < -0.39 is 0 Å². The number of rotatable bonds is 7. The van der Waals surface area contributed by atoms with Gasteiger partial charge in [-0.1, -0.05) is 39.3 Å². The average molecular weight is 298 g/mol. The summed E-state index contributed by atoms with van der Waals surface area (Å²) in [6, 6.07) is 0. The zero-order chi connectivity index (χ0) is 15.3. The van der Waals surface area contributed by atoms with Crippen LogP contribution in [0.25, 0.3) is 0 Å². The van der Waals surface area contributed by atoms with E-state index in [0.717, 1.165) is 43.1 Å². The minimum atomic E-state index is 0.528. The minimum Gasteiger partial charge on any atom is -0.354 e. The molecule has 1 aromatic rings. The molecule has 1 rings (SSSR count). The van der Waals surface area contributed by atoms with Crippen LogP contribution in [0.1, 0.15) is 51.9 Å². The summed E-state index contributed by atoms with van der Waals surface area (Å²) in [5.74, 6) is 2.20. The number of aryl methyl sites for hydroxylation is 2. The normalized spacial score (nSPS) is 11.4. The van der Waals surface area contributed by atoms with Gasteiger partial charge >= 0.3 is 0 Å². The fraction of sp³-hybridized carbons (Fsp3) is 0.750. The number of hydrogen-bond donors (Lipinski definition) is 0.